The highest BCUT2D eigenvalue weighted by atomic mass is 32.2. The molecular formula is C20H24N4O3S2. The molecule has 1 atom stereocenters. The Balaban J connectivity index is 1.79. The van der Waals surface area contributed by atoms with E-state index >= 15 is 0 Å². The van der Waals surface area contributed by atoms with Gasteiger partial charge in [0.1, 0.15) is 17.5 Å². The summed E-state index contributed by atoms with van der Waals surface area (Å²) in [6, 6.07) is 6.81. The summed E-state index contributed by atoms with van der Waals surface area (Å²) in [4.78, 5) is 30.0. The summed E-state index contributed by atoms with van der Waals surface area (Å²) >= 11 is 2.99. The van der Waals surface area contributed by atoms with E-state index in [1.165, 1.54) is 11.3 Å². The van der Waals surface area contributed by atoms with Crippen molar-refractivity contribution in [1.82, 2.24) is 14.9 Å². The molecule has 0 aliphatic carbocycles. The lowest BCUT2D eigenvalue weighted by Crippen LogP contribution is -2.44. The van der Waals surface area contributed by atoms with Crippen molar-refractivity contribution >= 4 is 50.9 Å². The number of aromatic nitrogens is 2. The number of nitrogens with one attached hydrogen (secondary N) is 2. The number of hydrogen-bond donors (Lipinski definition) is 2. The minimum Gasteiger partial charge on any atom is -0.497 e. The summed E-state index contributed by atoms with van der Waals surface area (Å²) < 4.78 is 7.08. The number of carbonyl (C=O) groups is 2. The molecular weight excluding hydrogens is 408 g/mol. The number of fused-ring (bicyclic) bond motifs is 1. The van der Waals surface area contributed by atoms with Gasteiger partial charge in [0.2, 0.25) is 5.91 Å². The fourth-order valence-electron chi connectivity index (χ4n) is 3.01. The van der Waals surface area contributed by atoms with Crippen molar-refractivity contribution in [2.75, 3.05) is 24.4 Å². The predicted octanol–water partition coefficient (Wildman–Crippen LogP) is 3.44. The standard InChI is InChI=1S/C20H24N4O3S2/c1-12-11-29-20(21-12)23-18(25)15(7-8-28-4)22-19(26)17-10-13-9-14(27-3)5-6-16(13)24(17)2/h5-6,9-11,15H,7-8H2,1-4H3,(H,22,26)(H,21,23,25)/t15-/m0/s1. The van der Waals surface area contributed by atoms with Crippen LogP contribution in [0.3, 0.4) is 0 Å². The van der Waals surface area contributed by atoms with Crippen LogP contribution in [0.15, 0.2) is 29.6 Å². The Morgan fingerprint density at radius 3 is 2.79 bits per heavy atom. The van der Waals surface area contributed by atoms with Crippen LogP contribution in [-0.2, 0) is 11.8 Å². The van der Waals surface area contributed by atoms with Gasteiger partial charge in [-0.3, -0.25) is 9.59 Å². The Kier molecular flexibility index (Phi) is 6.81. The first-order valence-corrected chi connectivity index (χ1v) is 11.4. The first-order chi connectivity index (χ1) is 13.9. The molecule has 0 radical (unpaired) electrons. The van der Waals surface area contributed by atoms with E-state index in [4.69, 9.17) is 4.74 Å². The van der Waals surface area contributed by atoms with Crippen LogP contribution in [0, 0.1) is 6.92 Å². The Labute approximate surface area is 177 Å². The van der Waals surface area contributed by atoms with Crippen LogP contribution in [-0.4, -0.2) is 46.5 Å². The van der Waals surface area contributed by atoms with E-state index in [2.05, 4.69) is 15.6 Å². The molecule has 0 spiro atoms. The number of nitrogens with zero attached hydrogens (tertiary/aromatic N) is 2. The molecule has 2 aromatic heterocycles. The first-order valence-electron chi connectivity index (χ1n) is 9.09. The second-order valence-electron chi connectivity index (χ2n) is 6.60. The SMILES string of the molecule is COc1ccc2c(c1)cc(C(=O)N[C@@H](CCSC)C(=O)Nc1nc(C)cs1)n2C. The highest BCUT2D eigenvalue weighted by Gasteiger charge is 2.24. The van der Waals surface area contributed by atoms with Crippen LogP contribution in [0.25, 0.3) is 10.9 Å². The van der Waals surface area contributed by atoms with Crippen LogP contribution in [0.5, 0.6) is 5.75 Å². The Hall–Kier alpha value is -2.52. The van der Waals surface area contributed by atoms with Crippen molar-refractivity contribution < 1.29 is 14.3 Å². The lowest BCUT2D eigenvalue weighted by atomic mass is 10.2. The van der Waals surface area contributed by atoms with Crippen molar-refractivity contribution in [2.45, 2.75) is 19.4 Å². The molecule has 0 aliphatic rings. The summed E-state index contributed by atoms with van der Waals surface area (Å²) in [7, 11) is 3.44. The maximum Gasteiger partial charge on any atom is 0.268 e. The molecule has 1 aromatic carbocycles. The molecule has 2 heterocycles. The molecule has 9 heteroatoms. The summed E-state index contributed by atoms with van der Waals surface area (Å²) in [5, 5.41) is 9.00. The monoisotopic (exact) mass is 432 g/mol. The normalized spacial score (nSPS) is 12.0. The lowest BCUT2D eigenvalue weighted by molar-refractivity contribution is -0.118. The van der Waals surface area contributed by atoms with Gasteiger partial charge in [-0.1, -0.05) is 0 Å². The van der Waals surface area contributed by atoms with Gasteiger partial charge in [0.05, 0.1) is 12.8 Å². The van der Waals surface area contributed by atoms with Gasteiger partial charge >= 0.3 is 0 Å². The number of carbonyl (C=O) groups excluding carboxylic acids is 2. The Morgan fingerprint density at radius 2 is 2.14 bits per heavy atom. The third kappa shape index (κ3) is 4.91. The first kappa shape index (κ1) is 21.2. The van der Waals surface area contributed by atoms with Crippen LogP contribution >= 0.6 is 23.1 Å². The molecule has 0 aliphatic heterocycles. The number of aryl methyl sites for hydroxylation is 2. The Bertz CT molecular complexity index is 1030. The maximum absolute atomic E-state index is 13.0. The number of rotatable bonds is 8. The largest absolute Gasteiger partial charge is 0.497 e. The number of amides is 2. The Morgan fingerprint density at radius 1 is 1.34 bits per heavy atom. The molecule has 2 amide bonds. The van der Waals surface area contributed by atoms with E-state index in [9.17, 15) is 9.59 Å². The molecule has 3 aromatic rings. The fourth-order valence-corrected chi connectivity index (χ4v) is 4.18. The van der Waals surface area contributed by atoms with Crippen LogP contribution in [0.1, 0.15) is 22.6 Å². The van der Waals surface area contributed by atoms with Gasteiger partial charge in [-0.05, 0) is 49.6 Å². The van der Waals surface area contributed by atoms with Crippen molar-refractivity contribution in [3.8, 4) is 5.75 Å². The quantitative estimate of drug-likeness (QED) is 0.570. The summed E-state index contributed by atoms with van der Waals surface area (Å²) in [6.45, 7) is 1.87. The summed E-state index contributed by atoms with van der Waals surface area (Å²) in [6.07, 6.45) is 2.50. The molecule has 0 saturated heterocycles. The molecule has 3 rings (SSSR count). The van der Waals surface area contributed by atoms with E-state index in [1.54, 1.807) is 24.9 Å². The van der Waals surface area contributed by atoms with Crippen molar-refractivity contribution in [2.24, 2.45) is 7.05 Å². The number of thioether (sulfide) groups is 1. The van der Waals surface area contributed by atoms with Gasteiger partial charge in [-0.15, -0.1) is 11.3 Å². The molecule has 0 bridgehead atoms. The third-order valence-electron chi connectivity index (χ3n) is 4.56. The van der Waals surface area contributed by atoms with Gasteiger partial charge in [0, 0.05) is 23.3 Å². The molecule has 0 fully saturated rings. The second kappa shape index (κ2) is 9.32. The molecule has 2 N–H and O–H groups in total. The van der Waals surface area contributed by atoms with Gasteiger partial charge in [-0.25, -0.2) is 4.98 Å². The van der Waals surface area contributed by atoms with E-state index in [0.29, 0.717) is 17.2 Å². The number of benzene rings is 1. The molecule has 29 heavy (non-hydrogen) atoms. The highest BCUT2D eigenvalue weighted by molar-refractivity contribution is 7.98. The summed E-state index contributed by atoms with van der Waals surface area (Å²) in [5.74, 6) is 0.925. The lowest BCUT2D eigenvalue weighted by Gasteiger charge is -2.17. The smallest absolute Gasteiger partial charge is 0.268 e. The van der Waals surface area contributed by atoms with Crippen LogP contribution < -0.4 is 15.4 Å². The molecule has 154 valence electrons. The summed E-state index contributed by atoms with van der Waals surface area (Å²) in [5.41, 5.74) is 2.25. The average molecular weight is 433 g/mol. The fraction of sp³-hybridized carbons (Fsp3) is 0.350. The van der Waals surface area contributed by atoms with Gasteiger partial charge in [0.25, 0.3) is 5.91 Å². The number of hydrogen-bond acceptors (Lipinski definition) is 6. The van der Waals surface area contributed by atoms with E-state index < -0.39 is 6.04 Å². The zero-order valence-corrected chi connectivity index (χ0v) is 18.4. The average Bonchev–Trinajstić information content (AvgIpc) is 3.27. The second-order valence-corrected chi connectivity index (χ2v) is 8.45. The minimum atomic E-state index is -0.647. The zero-order valence-electron chi connectivity index (χ0n) is 16.8. The predicted molar refractivity (Wildman–Crippen MR) is 119 cm³/mol. The minimum absolute atomic E-state index is 0.262. The molecule has 0 saturated carbocycles. The van der Waals surface area contributed by atoms with Crippen LogP contribution in [0.4, 0.5) is 5.13 Å². The maximum atomic E-state index is 13.0. The van der Waals surface area contributed by atoms with Gasteiger partial charge in [0.15, 0.2) is 5.13 Å². The third-order valence-corrected chi connectivity index (χ3v) is 6.08. The topological polar surface area (TPSA) is 85.2 Å². The van der Waals surface area contributed by atoms with Crippen molar-refractivity contribution in [1.29, 1.82) is 0 Å². The number of ether oxygens (including phenoxy) is 1. The van der Waals surface area contributed by atoms with E-state index in [-0.39, 0.29) is 11.8 Å². The van der Waals surface area contributed by atoms with E-state index in [0.717, 1.165) is 28.1 Å². The van der Waals surface area contributed by atoms with Crippen LogP contribution in [0.2, 0.25) is 0 Å². The molecule has 7 nitrogen and oxygen atoms in total. The number of methoxy groups -OCH3 is 1. The van der Waals surface area contributed by atoms with Crippen molar-refractivity contribution in [3.63, 3.8) is 0 Å². The van der Waals surface area contributed by atoms with Crippen molar-refractivity contribution in [3.05, 3.63) is 41.0 Å². The zero-order chi connectivity index (χ0) is 21.0. The molecule has 0 unspecified atom stereocenters. The van der Waals surface area contributed by atoms with Gasteiger partial charge < -0.3 is 19.9 Å². The highest BCUT2D eigenvalue weighted by Crippen LogP contribution is 2.24. The van der Waals surface area contributed by atoms with Gasteiger partial charge in [-0.2, -0.15) is 11.8 Å². The number of thiazole rings is 1. The number of anilines is 1. The van der Waals surface area contributed by atoms with E-state index in [1.807, 2.05) is 48.4 Å².